The van der Waals surface area contributed by atoms with Crippen molar-refractivity contribution < 1.29 is 18.4 Å². The van der Waals surface area contributed by atoms with E-state index in [0.29, 0.717) is 0 Å². The van der Waals surface area contributed by atoms with Crippen LogP contribution >= 0.6 is 0 Å². The van der Waals surface area contributed by atoms with E-state index < -0.39 is 23.1 Å². The topological polar surface area (TPSA) is 97.8 Å². The zero-order valence-electron chi connectivity index (χ0n) is 12.4. The molecular weight excluding hydrogens is 314 g/mol. The molecule has 7 nitrogen and oxygen atoms in total. The van der Waals surface area contributed by atoms with Gasteiger partial charge in [0.1, 0.15) is 22.4 Å². The molecule has 0 atom stereocenters. The molecule has 0 fully saturated rings. The van der Waals surface area contributed by atoms with Crippen LogP contribution in [0.2, 0.25) is 0 Å². The van der Waals surface area contributed by atoms with Crippen molar-refractivity contribution in [3.8, 4) is 0 Å². The molecule has 0 aliphatic carbocycles. The van der Waals surface area contributed by atoms with E-state index in [-0.39, 0.29) is 33.5 Å². The Morgan fingerprint density at radius 1 is 0.833 bits per heavy atom. The summed E-state index contributed by atoms with van der Waals surface area (Å²) in [6.45, 7) is 1.54. The predicted octanol–water partition coefficient (Wildman–Crippen LogP) is 1.86. The summed E-state index contributed by atoms with van der Waals surface area (Å²) < 4.78 is 10.1. The van der Waals surface area contributed by atoms with Crippen LogP contribution in [0.3, 0.4) is 0 Å². The second-order valence-electron chi connectivity index (χ2n) is 5.33. The fraction of sp³-hybridized carbons (Fsp3) is 0.0588. The average molecular weight is 323 g/mol. The van der Waals surface area contributed by atoms with E-state index in [1.54, 1.807) is 19.1 Å². The van der Waals surface area contributed by atoms with Crippen LogP contribution in [-0.4, -0.2) is 11.8 Å². The summed E-state index contributed by atoms with van der Waals surface area (Å²) in [6, 6.07) is 8.77. The fourth-order valence-electron chi connectivity index (χ4n) is 2.72. The first-order valence-electron chi connectivity index (χ1n) is 7.04. The Morgan fingerprint density at radius 2 is 1.46 bits per heavy atom. The van der Waals surface area contributed by atoms with E-state index in [1.165, 1.54) is 18.2 Å². The van der Waals surface area contributed by atoms with Gasteiger partial charge in [-0.3, -0.25) is 9.59 Å². The molecular formula is C17H9NO6. The number of benzene rings is 1. The van der Waals surface area contributed by atoms with E-state index in [1.807, 2.05) is 0 Å². The van der Waals surface area contributed by atoms with Crippen LogP contribution in [0.4, 0.5) is 5.69 Å². The molecule has 0 saturated heterocycles. The van der Waals surface area contributed by atoms with Crippen LogP contribution in [0.25, 0.3) is 11.0 Å². The van der Waals surface area contributed by atoms with Crippen molar-refractivity contribution in [1.82, 2.24) is 0 Å². The number of imide groups is 1. The zero-order chi connectivity index (χ0) is 17.0. The van der Waals surface area contributed by atoms with Crippen molar-refractivity contribution in [1.29, 1.82) is 0 Å². The molecule has 7 heteroatoms. The van der Waals surface area contributed by atoms with Gasteiger partial charge in [-0.1, -0.05) is 12.1 Å². The largest absolute Gasteiger partial charge is 0.428 e. The highest BCUT2D eigenvalue weighted by Gasteiger charge is 2.38. The van der Waals surface area contributed by atoms with Crippen molar-refractivity contribution in [2.24, 2.45) is 0 Å². The number of nitrogens with zero attached hydrogens (tertiary/aromatic N) is 1. The smallest absolute Gasteiger partial charge is 0.360 e. The molecule has 0 radical (unpaired) electrons. The highest BCUT2D eigenvalue weighted by molar-refractivity contribution is 6.34. The summed E-state index contributed by atoms with van der Waals surface area (Å²) in [5.41, 5.74) is -1.50. The molecule has 3 heterocycles. The van der Waals surface area contributed by atoms with E-state index in [0.717, 1.165) is 11.0 Å². The Kier molecular flexibility index (Phi) is 2.80. The number of carbonyl (C=O) groups is 2. The zero-order valence-corrected chi connectivity index (χ0v) is 12.4. The summed E-state index contributed by atoms with van der Waals surface area (Å²) in [5, 5.41) is -0.0215. The maximum atomic E-state index is 12.5. The van der Waals surface area contributed by atoms with Crippen LogP contribution in [0.15, 0.2) is 54.8 Å². The van der Waals surface area contributed by atoms with E-state index >= 15 is 0 Å². The Balaban J connectivity index is 1.97. The third-order valence-corrected chi connectivity index (χ3v) is 3.80. The van der Waals surface area contributed by atoms with Crippen LogP contribution in [0.1, 0.15) is 26.5 Å². The van der Waals surface area contributed by atoms with Crippen LogP contribution < -0.4 is 16.2 Å². The number of hydrogen-bond acceptors (Lipinski definition) is 6. The number of fused-ring (bicyclic) bond motifs is 2. The van der Waals surface area contributed by atoms with Crippen molar-refractivity contribution in [3.63, 3.8) is 0 Å². The Labute approximate surface area is 133 Å². The molecule has 3 aromatic rings. The highest BCUT2D eigenvalue weighted by atomic mass is 16.4. The predicted molar refractivity (Wildman–Crippen MR) is 83.3 cm³/mol. The van der Waals surface area contributed by atoms with Crippen LogP contribution in [0.5, 0.6) is 0 Å². The first-order valence-corrected chi connectivity index (χ1v) is 7.04. The monoisotopic (exact) mass is 323 g/mol. The standard InChI is InChI=1S/C17H9NO6/c1-8-6-13-11(16(21)23-8)7-12(17(22)24-13)18-14(19)9-4-2-3-5-10(9)15(18)20/h2-7H,1H3. The second-order valence-corrected chi connectivity index (χ2v) is 5.33. The first-order chi connectivity index (χ1) is 11.5. The lowest BCUT2D eigenvalue weighted by Crippen LogP contribution is -2.33. The van der Waals surface area contributed by atoms with Crippen molar-refractivity contribution >= 4 is 28.5 Å². The third kappa shape index (κ3) is 1.84. The maximum Gasteiger partial charge on any atom is 0.360 e. The number of hydrogen-bond donors (Lipinski definition) is 0. The number of aryl methyl sites for hydroxylation is 1. The van der Waals surface area contributed by atoms with Gasteiger partial charge in [0.05, 0.1) is 11.1 Å². The highest BCUT2D eigenvalue weighted by Crippen LogP contribution is 2.27. The molecule has 0 spiro atoms. The minimum absolute atomic E-state index is 0.0215. The Morgan fingerprint density at radius 3 is 2.08 bits per heavy atom. The first kappa shape index (κ1) is 14.1. The average Bonchev–Trinajstić information content (AvgIpc) is 2.79. The van der Waals surface area contributed by atoms with Crippen LogP contribution in [0, 0.1) is 6.92 Å². The molecule has 0 unspecified atom stereocenters. The lowest BCUT2D eigenvalue weighted by atomic mass is 10.1. The molecule has 2 aromatic heterocycles. The molecule has 24 heavy (non-hydrogen) atoms. The van der Waals surface area contributed by atoms with E-state index in [4.69, 9.17) is 8.83 Å². The summed E-state index contributed by atoms with van der Waals surface area (Å²) >= 11 is 0. The number of anilines is 1. The molecule has 1 aliphatic heterocycles. The minimum atomic E-state index is -0.887. The Bertz CT molecular complexity index is 1120. The number of rotatable bonds is 1. The molecule has 118 valence electrons. The van der Waals surface area contributed by atoms with Crippen molar-refractivity contribution in [2.75, 3.05) is 4.90 Å². The minimum Gasteiger partial charge on any atom is -0.428 e. The van der Waals surface area contributed by atoms with Gasteiger partial charge in [0.15, 0.2) is 0 Å². The van der Waals surface area contributed by atoms with E-state index in [9.17, 15) is 19.2 Å². The van der Waals surface area contributed by atoms with E-state index in [2.05, 4.69) is 0 Å². The van der Waals surface area contributed by atoms with Gasteiger partial charge in [-0.2, -0.15) is 0 Å². The summed E-state index contributed by atoms with van der Waals surface area (Å²) in [4.78, 5) is 49.8. The van der Waals surface area contributed by atoms with Gasteiger partial charge in [-0.15, -0.1) is 0 Å². The lowest BCUT2D eigenvalue weighted by molar-refractivity contribution is 0.0925. The van der Waals surface area contributed by atoms with Crippen molar-refractivity contribution in [3.05, 3.63) is 74.1 Å². The normalized spacial score (nSPS) is 13.6. The number of carbonyl (C=O) groups excluding carboxylic acids is 2. The summed E-state index contributed by atoms with van der Waals surface area (Å²) in [7, 11) is 0. The maximum absolute atomic E-state index is 12.5. The van der Waals surface area contributed by atoms with Gasteiger partial charge in [-0.25, -0.2) is 14.5 Å². The molecule has 0 bridgehead atoms. The molecule has 1 aliphatic rings. The van der Waals surface area contributed by atoms with Gasteiger partial charge in [0.2, 0.25) is 0 Å². The van der Waals surface area contributed by atoms with Gasteiger partial charge >= 0.3 is 11.3 Å². The van der Waals surface area contributed by atoms with Gasteiger partial charge in [0.25, 0.3) is 11.8 Å². The van der Waals surface area contributed by atoms with Crippen molar-refractivity contribution in [2.45, 2.75) is 6.92 Å². The molecule has 1 aromatic carbocycles. The van der Waals surface area contributed by atoms with Gasteiger partial charge in [-0.05, 0) is 25.1 Å². The lowest BCUT2D eigenvalue weighted by Gasteiger charge is -2.12. The third-order valence-electron chi connectivity index (χ3n) is 3.80. The molecule has 4 rings (SSSR count). The number of amides is 2. The SMILES string of the molecule is Cc1cc2oc(=O)c(N3C(=O)c4ccccc4C3=O)cc2c(=O)o1. The van der Waals surface area contributed by atoms with Crippen LogP contribution in [-0.2, 0) is 0 Å². The quantitative estimate of drug-likeness (QED) is 0.634. The molecule has 2 amide bonds. The Hall–Kier alpha value is -3.48. The van der Waals surface area contributed by atoms with Gasteiger partial charge in [0, 0.05) is 6.07 Å². The summed E-state index contributed by atoms with van der Waals surface area (Å²) in [5.74, 6) is -0.998. The molecule has 0 saturated carbocycles. The summed E-state index contributed by atoms with van der Waals surface area (Å²) in [6.07, 6.45) is 0. The fourth-order valence-corrected chi connectivity index (χ4v) is 2.72. The second kappa shape index (κ2) is 4.76. The molecule has 0 N–H and O–H groups in total. The van der Waals surface area contributed by atoms with Gasteiger partial charge < -0.3 is 8.83 Å².